The first-order chi connectivity index (χ1) is 9.22. The molecule has 3 rings (SSSR count). The molecule has 0 unspecified atom stereocenters. The Balaban J connectivity index is 1.80. The van der Waals surface area contributed by atoms with Crippen molar-refractivity contribution in [1.82, 2.24) is 9.97 Å². The van der Waals surface area contributed by atoms with Crippen molar-refractivity contribution in [3.63, 3.8) is 0 Å². The number of phenolic OH excluding ortho intramolecular Hbond substituents is 1. The highest BCUT2D eigenvalue weighted by Gasteiger charge is 2.06. The van der Waals surface area contributed by atoms with E-state index in [1.165, 1.54) is 0 Å². The second kappa shape index (κ2) is 4.82. The van der Waals surface area contributed by atoms with Crippen LogP contribution in [0.1, 0.15) is 5.82 Å². The van der Waals surface area contributed by atoms with Crippen LogP contribution < -0.4 is 4.74 Å². The molecule has 2 aromatic carbocycles. The summed E-state index contributed by atoms with van der Waals surface area (Å²) in [5, 5.41) is 10.3. The number of hydrogen-bond acceptors (Lipinski definition) is 3. The lowest BCUT2D eigenvalue weighted by Crippen LogP contribution is -1.97. The minimum Gasteiger partial charge on any atom is -0.506 e. The maximum Gasteiger partial charge on any atom is 0.146 e. The van der Waals surface area contributed by atoms with E-state index in [2.05, 4.69) is 9.97 Å². The fourth-order valence-corrected chi connectivity index (χ4v) is 2.03. The summed E-state index contributed by atoms with van der Waals surface area (Å²) in [6, 6.07) is 12.4. The molecule has 5 heteroatoms. The smallest absolute Gasteiger partial charge is 0.146 e. The molecule has 0 aliphatic carbocycles. The van der Waals surface area contributed by atoms with E-state index in [1.807, 2.05) is 18.2 Å². The molecule has 0 bridgehead atoms. The largest absolute Gasteiger partial charge is 0.506 e. The number of aromatic amines is 1. The van der Waals surface area contributed by atoms with Crippen LogP contribution in [0.5, 0.6) is 11.5 Å². The standard InChI is InChI=1S/C14H11ClN2O2/c15-9-3-1-4-10(7-9)19-8-13-16-11-5-2-6-12(18)14(11)17-13/h1-7,18H,8H2,(H,16,17). The van der Waals surface area contributed by atoms with Gasteiger partial charge in [0.05, 0.1) is 5.52 Å². The van der Waals surface area contributed by atoms with Gasteiger partial charge >= 0.3 is 0 Å². The normalized spacial score (nSPS) is 10.8. The lowest BCUT2D eigenvalue weighted by atomic mass is 10.3. The maximum absolute atomic E-state index is 9.67. The van der Waals surface area contributed by atoms with E-state index >= 15 is 0 Å². The number of halogens is 1. The second-order valence-electron chi connectivity index (χ2n) is 4.10. The van der Waals surface area contributed by atoms with Crippen LogP contribution in [0.4, 0.5) is 0 Å². The van der Waals surface area contributed by atoms with Crippen LogP contribution in [-0.4, -0.2) is 15.1 Å². The summed E-state index contributed by atoms with van der Waals surface area (Å²) in [4.78, 5) is 7.38. The zero-order chi connectivity index (χ0) is 13.2. The van der Waals surface area contributed by atoms with E-state index in [4.69, 9.17) is 16.3 Å². The van der Waals surface area contributed by atoms with Crippen LogP contribution in [0.25, 0.3) is 11.0 Å². The zero-order valence-electron chi connectivity index (χ0n) is 9.93. The Morgan fingerprint density at radius 2 is 2.05 bits per heavy atom. The van der Waals surface area contributed by atoms with Crippen molar-refractivity contribution in [3.05, 3.63) is 53.3 Å². The number of hydrogen-bond donors (Lipinski definition) is 2. The Kier molecular flexibility index (Phi) is 3.01. The first-order valence-electron chi connectivity index (χ1n) is 5.77. The zero-order valence-corrected chi connectivity index (χ0v) is 10.7. The summed E-state index contributed by atoms with van der Waals surface area (Å²) in [6.07, 6.45) is 0. The average Bonchev–Trinajstić information content (AvgIpc) is 2.81. The van der Waals surface area contributed by atoms with E-state index in [0.717, 1.165) is 5.52 Å². The summed E-state index contributed by atoms with van der Waals surface area (Å²) in [5.41, 5.74) is 1.33. The Morgan fingerprint density at radius 3 is 2.84 bits per heavy atom. The Labute approximate surface area is 114 Å². The van der Waals surface area contributed by atoms with Gasteiger partial charge in [0.25, 0.3) is 0 Å². The molecule has 0 fully saturated rings. The summed E-state index contributed by atoms with van der Waals surface area (Å²) in [7, 11) is 0. The van der Waals surface area contributed by atoms with Crippen LogP contribution in [0.15, 0.2) is 42.5 Å². The molecule has 0 radical (unpaired) electrons. The number of nitrogens with zero attached hydrogens (tertiary/aromatic N) is 1. The molecule has 3 aromatic rings. The molecule has 1 heterocycles. The van der Waals surface area contributed by atoms with Gasteiger partial charge < -0.3 is 14.8 Å². The fourth-order valence-electron chi connectivity index (χ4n) is 1.84. The van der Waals surface area contributed by atoms with Crippen molar-refractivity contribution in [1.29, 1.82) is 0 Å². The molecule has 96 valence electrons. The molecule has 0 saturated heterocycles. The number of H-pyrrole nitrogens is 1. The molecule has 0 aliphatic heterocycles. The highest BCUT2D eigenvalue weighted by molar-refractivity contribution is 6.30. The molecular weight excluding hydrogens is 264 g/mol. The molecule has 2 N–H and O–H groups in total. The topological polar surface area (TPSA) is 58.1 Å². The summed E-state index contributed by atoms with van der Waals surface area (Å²) in [6.45, 7) is 0.286. The molecule has 0 amide bonds. The fraction of sp³-hybridized carbons (Fsp3) is 0.0714. The van der Waals surface area contributed by atoms with Crippen molar-refractivity contribution in [2.75, 3.05) is 0 Å². The molecular formula is C14H11ClN2O2. The summed E-state index contributed by atoms with van der Waals surface area (Å²) < 4.78 is 5.58. The third kappa shape index (κ3) is 2.48. The number of ether oxygens (including phenoxy) is 1. The molecule has 0 aliphatic rings. The highest BCUT2D eigenvalue weighted by atomic mass is 35.5. The predicted octanol–water partition coefficient (Wildman–Crippen LogP) is 3.50. The Morgan fingerprint density at radius 1 is 1.21 bits per heavy atom. The first kappa shape index (κ1) is 11.9. The lowest BCUT2D eigenvalue weighted by molar-refractivity contribution is 0.297. The molecule has 4 nitrogen and oxygen atoms in total. The number of aromatic nitrogens is 2. The minimum absolute atomic E-state index is 0.155. The van der Waals surface area contributed by atoms with E-state index < -0.39 is 0 Å². The summed E-state index contributed by atoms with van der Waals surface area (Å²) >= 11 is 5.88. The van der Waals surface area contributed by atoms with Crippen molar-refractivity contribution >= 4 is 22.6 Å². The number of para-hydroxylation sites is 1. The SMILES string of the molecule is Oc1cccc2[nH]c(COc3cccc(Cl)c3)nc12. The van der Waals surface area contributed by atoms with Crippen molar-refractivity contribution in [2.24, 2.45) is 0 Å². The van der Waals surface area contributed by atoms with Gasteiger partial charge in [0.2, 0.25) is 0 Å². The molecule has 1 aromatic heterocycles. The van der Waals surface area contributed by atoms with Crippen LogP contribution >= 0.6 is 11.6 Å². The monoisotopic (exact) mass is 274 g/mol. The number of imidazole rings is 1. The number of phenols is 1. The van der Waals surface area contributed by atoms with Gasteiger partial charge in [-0.1, -0.05) is 23.7 Å². The van der Waals surface area contributed by atoms with Gasteiger partial charge in [0.1, 0.15) is 29.4 Å². The van der Waals surface area contributed by atoms with Crippen molar-refractivity contribution in [3.8, 4) is 11.5 Å². The number of rotatable bonds is 3. The Hall–Kier alpha value is -2.20. The third-order valence-electron chi connectivity index (χ3n) is 2.71. The quantitative estimate of drug-likeness (QED) is 0.768. The van der Waals surface area contributed by atoms with Crippen LogP contribution in [0.2, 0.25) is 5.02 Å². The van der Waals surface area contributed by atoms with Gasteiger partial charge in [0, 0.05) is 5.02 Å². The van der Waals surface area contributed by atoms with Crippen LogP contribution in [0, 0.1) is 0 Å². The highest BCUT2D eigenvalue weighted by Crippen LogP contribution is 2.23. The van der Waals surface area contributed by atoms with Gasteiger partial charge in [0.15, 0.2) is 0 Å². The molecule has 0 saturated carbocycles. The molecule has 0 spiro atoms. The number of benzene rings is 2. The second-order valence-corrected chi connectivity index (χ2v) is 4.54. The third-order valence-corrected chi connectivity index (χ3v) is 2.95. The van der Waals surface area contributed by atoms with Gasteiger partial charge in [-0.15, -0.1) is 0 Å². The van der Waals surface area contributed by atoms with Crippen LogP contribution in [-0.2, 0) is 6.61 Å². The number of nitrogens with one attached hydrogen (secondary N) is 1. The first-order valence-corrected chi connectivity index (χ1v) is 6.15. The number of aromatic hydroxyl groups is 1. The predicted molar refractivity (Wildman–Crippen MR) is 73.5 cm³/mol. The van der Waals surface area contributed by atoms with Gasteiger partial charge in [-0.05, 0) is 30.3 Å². The van der Waals surface area contributed by atoms with Gasteiger partial charge in [-0.2, -0.15) is 0 Å². The average molecular weight is 275 g/mol. The van der Waals surface area contributed by atoms with Crippen LogP contribution in [0.3, 0.4) is 0 Å². The lowest BCUT2D eigenvalue weighted by Gasteiger charge is -2.03. The van der Waals surface area contributed by atoms with Crippen molar-refractivity contribution < 1.29 is 9.84 Å². The minimum atomic E-state index is 0.155. The number of fused-ring (bicyclic) bond motifs is 1. The molecule has 19 heavy (non-hydrogen) atoms. The summed E-state index contributed by atoms with van der Waals surface area (Å²) in [5.74, 6) is 1.48. The maximum atomic E-state index is 9.67. The molecule has 0 atom stereocenters. The van der Waals surface area contributed by atoms with Crippen molar-refractivity contribution in [2.45, 2.75) is 6.61 Å². The van der Waals surface area contributed by atoms with E-state index in [0.29, 0.717) is 22.1 Å². The Bertz CT molecular complexity index is 724. The van der Waals surface area contributed by atoms with Gasteiger partial charge in [-0.3, -0.25) is 0 Å². The van der Waals surface area contributed by atoms with E-state index in [1.54, 1.807) is 24.3 Å². The van der Waals surface area contributed by atoms with Gasteiger partial charge in [-0.25, -0.2) is 4.98 Å². The van der Waals surface area contributed by atoms with E-state index in [9.17, 15) is 5.11 Å². The van der Waals surface area contributed by atoms with E-state index in [-0.39, 0.29) is 12.4 Å².